The van der Waals surface area contributed by atoms with Crippen LogP contribution in [0.15, 0.2) is 103 Å². The minimum Gasteiger partial charge on any atom is -0.492 e. The van der Waals surface area contributed by atoms with Crippen molar-refractivity contribution in [3.8, 4) is 5.75 Å². The summed E-state index contributed by atoms with van der Waals surface area (Å²) in [4.78, 5) is 6.50. The molecule has 0 saturated carbocycles. The van der Waals surface area contributed by atoms with Crippen molar-refractivity contribution in [2.24, 2.45) is 0 Å². The Kier molecular flexibility index (Phi) is 6.47. The normalized spacial score (nSPS) is 14.8. The lowest BCUT2D eigenvalue weighted by atomic mass is 9.83. The van der Waals surface area contributed by atoms with E-state index in [1.807, 2.05) is 60.9 Å². The molecule has 1 unspecified atom stereocenters. The van der Waals surface area contributed by atoms with Crippen molar-refractivity contribution < 1.29 is 9.84 Å². The van der Waals surface area contributed by atoms with E-state index in [2.05, 4.69) is 52.3 Å². The van der Waals surface area contributed by atoms with Crippen molar-refractivity contribution in [3.63, 3.8) is 0 Å². The second kappa shape index (κ2) is 9.99. The molecule has 166 valence electrons. The topological polar surface area (TPSA) is 45.6 Å². The van der Waals surface area contributed by atoms with Gasteiger partial charge >= 0.3 is 0 Å². The summed E-state index contributed by atoms with van der Waals surface area (Å²) in [5.74, 6) is 0.754. The Bertz CT molecular complexity index is 1130. The molecule has 4 aromatic rings. The third-order valence-electron chi connectivity index (χ3n) is 6.27. The number of benzene rings is 3. The molecule has 0 radical (unpaired) electrons. The van der Waals surface area contributed by atoms with Gasteiger partial charge in [0, 0.05) is 43.5 Å². The first-order valence-corrected chi connectivity index (χ1v) is 11.4. The second-order valence-corrected chi connectivity index (χ2v) is 8.53. The van der Waals surface area contributed by atoms with Crippen LogP contribution in [-0.2, 0) is 13.1 Å². The van der Waals surface area contributed by atoms with Crippen molar-refractivity contribution in [1.29, 1.82) is 0 Å². The summed E-state index contributed by atoms with van der Waals surface area (Å²) < 4.78 is 6.05. The van der Waals surface area contributed by atoms with Crippen LogP contribution < -0.4 is 4.74 Å². The predicted octanol–water partition coefficient (Wildman–Crippen LogP) is 5.34. The van der Waals surface area contributed by atoms with Gasteiger partial charge in [0.15, 0.2) is 0 Å². The number of aliphatic hydroxyl groups is 1. The molecular formula is C29H28N2O2. The first-order chi connectivity index (χ1) is 16.3. The molecule has 5 rings (SSSR count). The van der Waals surface area contributed by atoms with E-state index < -0.39 is 6.10 Å². The maximum Gasteiger partial charge on any atom is 0.123 e. The van der Waals surface area contributed by atoms with Crippen molar-refractivity contribution in [2.45, 2.75) is 25.1 Å². The summed E-state index contributed by atoms with van der Waals surface area (Å²) in [6.07, 6.45) is 3.00. The predicted molar refractivity (Wildman–Crippen MR) is 130 cm³/mol. The zero-order valence-corrected chi connectivity index (χ0v) is 18.5. The average Bonchev–Trinajstić information content (AvgIpc) is 3.07. The Morgan fingerprint density at radius 1 is 0.818 bits per heavy atom. The molecule has 4 heteroatoms. The number of aliphatic hydroxyl groups excluding tert-OH is 1. The zero-order chi connectivity index (χ0) is 22.5. The molecule has 3 aromatic carbocycles. The summed E-state index contributed by atoms with van der Waals surface area (Å²) >= 11 is 0. The van der Waals surface area contributed by atoms with Crippen LogP contribution in [0.2, 0.25) is 0 Å². The van der Waals surface area contributed by atoms with Crippen LogP contribution in [-0.4, -0.2) is 28.1 Å². The molecule has 1 aliphatic rings. The summed E-state index contributed by atoms with van der Waals surface area (Å²) in [6.45, 7) is 3.12. The van der Waals surface area contributed by atoms with Crippen LogP contribution in [0, 0.1) is 0 Å². The fourth-order valence-corrected chi connectivity index (χ4v) is 4.60. The number of fused-ring (bicyclic) bond motifs is 1. The summed E-state index contributed by atoms with van der Waals surface area (Å²) in [5, 5.41) is 11.6. The van der Waals surface area contributed by atoms with E-state index in [4.69, 9.17) is 4.74 Å². The Hall–Kier alpha value is -3.47. The van der Waals surface area contributed by atoms with Crippen LogP contribution in [0.1, 0.15) is 39.8 Å². The molecule has 1 atom stereocenters. The van der Waals surface area contributed by atoms with Gasteiger partial charge in [-0.3, -0.25) is 9.88 Å². The quantitative estimate of drug-likeness (QED) is 0.443. The Morgan fingerprint density at radius 2 is 1.48 bits per heavy atom. The van der Waals surface area contributed by atoms with Gasteiger partial charge in [0.05, 0.1) is 6.10 Å². The van der Waals surface area contributed by atoms with Gasteiger partial charge in [0.1, 0.15) is 12.4 Å². The standard InChI is InChI=1S/C29H28N2O2/c32-29(28(23-7-3-1-4-8-23)24-9-5-2-6-10-24)25-11-12-27-26(19-25)21-31(17-18-33-27)20-22-13-15-30-16-14-22/h1-16,19,28-29,32H,17-18,20-21H2. The molecule has 0 saturated heterocycles. The van der Waals surface area contributed by atoms with Crippen LogP contribution in [0.4, 0.5) is 0 Å². The van der Waals surface area contributed by atoms with E-state index in [-0.39, 0.29) is 5.92 Å². The maximum absolute atomic E-state index is 11.6. The summed E-state index contributed by atoms with van der Waals surface area (Å²) in [7, 11) is 0. The highest BCUT2D eigenvalue weighted by atomic mass is 16.5. The van der Waals surface area contributed by atoms with Gasteiger partial charge in [0.25, 0.3) is 0 Å². The van der Waals surface area contributed by atoms with E-state index in [0.29, 0.717) is 6.61 Å². The van der Waals surface area contributed by atoms with Gasteiger partial charge in [-0.2, -0.15) is 0 Å². The highest BCUT2D eigenvalue weighted by Gasteiger charge is 2.26. The number of rotatable bonds is 6. The highest BCUT2D eigenvalue weighted by molar-refractivity contribution is 5.42. The zero-order valence-electron chi connectivity index (χ0n) is 18.5. The van der Waals surface area contributed by atoms with Gasteiger partial charge in [0.2, 0.25) is 0 Å². The summed E-state index contributed by atoms with van der Waals surface area (Å²) in [6, 6.07) is 30.7. The molecule has 0 spiro atoms. The van der Waals surface area contributed by atoms with Crippen molar-refractivity contribution >= 4 is 0 Å². The van der Waals surface area contributed by atoms with Crippen molar-refractivity contribution in [2.75, 3.05) is 13.2 Å². The van der Waals surface area contributed by atoms with Crippen LogP contribution in [0.3, 0.4) is 0 Å². The minimum atomic E-state index is -0.669. The minimum absolute atomic E-state index is 0.148. The molecule has 2 heterocycles. The van der Waals surface area contributed by atoms with E-state index in [1.165, 1.54) is 5.56 Å². The SMILES string of the molecule is OC(c1ccc2c(c1)CN(Cc1ccncc1)CCO2)C(c1ccccc1)c1ccccc1. The Balaban J connectivity index is 1.44. The van der Waals surface area contributed by atoms with E-state index >= 15 is 0 Å². The highest BCUT2D eigenvalue weighted by Crippen LogP contribution is 2.38. The number of pyridine rings is 1. The number of ether oxygens (including phenoxy) is 1. The lowest BCUT2D eigenvalue weighted by Gasteiger charge is -2.25. The number of aromatic nitrogens is 1. The van der Waals surface area contributed by atoms with Crippen LogP contribution >= 0.6 is 0 Å². The third-order valence-corrected chi connectivity index (χ3v) is 6.27. The average molecular weight is 437 g/mol. The van der Waals surface area contributed by atoms with Gasteiger partial charge in [-0.1, -0.05) is 66.7 Å². The van der Waals surface area contributed by atoms with Crippen LogP contribution in [0.5, 0.6) is 5.75 Å². The van der Waals surface area contributed by atoms with Gasteiger partial charge < -0.3 is 9.84 Å². The van der Waals surface area contributed by atoms with E-state index in [1.54, 1.807) is 0 Å². The first kappa shape index (κ1) is 21.4. The molecule has 1 aromatic heterocycles. The summed E-state index contributed by atoms with van der Waals surface area (Å²) in [5.41, 5.74) is 5.44. The molecule has 0 bridgehead atoms. The fourth-order valence-electron chi connectivity index (χ4n) is 4.60. The molecule has 4 nitrogen and oxygen atoms in total. The van der Waals surface area contributed by atoms with E-state index in [9.17, 15) is 5.11 Å². The molecule has 0 amide bonds. The number of nitrogens with zero attached hydrogens (tertiary/aromatic N) is 2. The monoisotopic (exact) mass is 436 g/mol. The molecule has 1 N–H and O–H groups in total. The maximum atomic E-state index is 11.6. The molecule has 1 aliphatic heterocycles. The second-order valence-electron chi connectivity index (χ2n) is 8.53. The third kappa shape index (κ3) is 4.98. The lowest BCUT2D eigenvalue weighted by Crippen LogP contribution is -2.25. The number of hydrogen-bond donors (Lipinski definition) is 1. The molecule has 0 aliphatic carbocycles. The van der Waals surface area contributed by atoms with Crippen molar-refractivity contribution in [1.82, 2.24) is 9.88 Å². The lowest BCUT2D eigenvalue weighted by molar-refractivity contribution is 0.159. The van der Waals surface area contributed by atoms with E-state index in [0.717, 1.165) is 47.6 Å². The first-order valence-electron chi connectivity index (χ1n) is 11.4. The van der Waals surface area contributed by atoms with Crippen LogP contribution in [0.25, 0.3) is 0 Å². The molecule has 0 fully saturated rings. The smallest absolute Gasteiger partial charge is 0.123 e. The van der Waals surface area contributed by atoms with Gasteiger partial charge in [-0.05, 0) is 46.5 Å². The van der Waals surface area contributed by atoms with Gasteiger partial charge in [-0.15, -0.1) is 0 Å². The largest absolute Gasteiger partial charge is 0.492 e. The Labute approximate surface area is 195 Å². The fraction of sp³-hybridized carbons (Fsp3) is 0.207. The number of hydrogen-bond acceptors (Lipinski definition) is 4. The Morgan fingerprint density at radius 3 is 2.15 bits per heavy atom. The van der Waals surface area contributed by atoms with Gasteiger partial charge in [-0.25, -0.2) is 0 Å². The molecule has 33 heavy (non-hydrogen) atoms. The van der Waals surface area contributed by atoms with Crippen molar-refractivity contribution in [3.05, 3.63) is 131 Å². The molecular weight excluding hydrogens is 408 g/mol.